The van der Waals surface area contributed by atoms with E-state index in [1.807, 2.05) is 60.7 Å². The zero-order valence-corrected chi connectivity index (χ0v) is 14.9. The lowest BCUT2D eigenvalue weighted by molar-refractivity contribution is 0.445. The van der Waals surface area contributed by atoms with Crippen LogP contribution in [0.2, 0.25) is 0 Å². The molecule has 0 atom stereocenters. The van der Waals surface area contributed by atoms with Crippen molar-refractivity contribution in [2.24, 2.45) is 0 Å². The Hall–Kier alpha value is -3.92. The number of hydrogen-bond donors (Lipinski definition) is 2. The highest BCUT2D eigenvalue weighted by atomic mass is 16.5. The summed E-state index contributed by atoms with van der Waals surface area (Å²) in [4.78, 5) is 0. The summed E-state index contributed by atoms with van der Waals surface area (Å²) in [6, 6.07) is 28.5. The summed E-state index contributed by atoms with van der Waals surface area (Å²) in [5.74, 6) is 2.02. The van der Waals surface area contributed by atoms with Crippen LogP contribution in [0.4, 0.5) is 0 Å². The lowest BCUT2D eigenvalue weighted by Gasteiger charge is -2.17. The van der Waals surface area contributed by atoms with Gasteiger partial charge in [-0.25, -0.2) is 0 Å². The van der Waals surface area contributed by atoms with E-state index in [1.54, 1.807) is 36.4 Å². The lowest BCUT2D eigenvalue weighted by atomic mass is 10.0. The standard InChI is InChI=1S/C24H18O4/c25-19-13-7-15-21(27-17-9-3-1-4-10-17)23(19)24-20(26)14-8-16-22(24)28-18-11-5-2-6-12-18/h1-16,25-26H. The molecule has 4 rings (SSSR count). The van der Waals surface area contributed by atoms with E-state index in [0.717, 1.165) is 0 Å². The molecule has 4 aromatic carbocycles. The second-order valence-electron chi connectivity index (χ2n) is 6.13. The molecule has 0 saturated carbocycles. The Morgan fingerprint density at radius 1 is 0.429 bits per heavy atom. The molecule has 4 nitrogen and oxygen atoms in total. The van der Waals surface area contributed by atoms with Crippen LogP contribution in [0.5, 0.6) is 34.5 Å². The van der Waals surface area contributed by atoms with Crippen molar-refractivity contribution in [1.82, 2.24) is 0 Å². The molecule has 0 aliphatic heterocycles. The molecule has 4 heteroatoms. The van der Waals surface area contributed by atoms with Crippen LogP contribution in [0.15, 0.2) is 97.1 Å². The van der Waals surface area contributed by atoms with Crippen molar-refractivity contribution in [3.05, 3.63) is 97.1 Å². The molecule has 0 saturated heterocycles. The maximum atomic E-state index is 10.6. The summed E-state index contributed by atoms with van der Waals surface area (Å²) < 4.78 is 12.0. The number of aromatic hydroxyl groups is 2. The number of hydrogen-bond acceptors (Lipinski definition) is 4. The fraction of sp³-hybridized carbons (Fsp3) is 0. The second kappa shape index (κ2) is 7.76. The SMILES string of the molecule is Oc1cccc(Oc2ccccc2)c1-c1c(O)cccc1Oc1ccccc1. The van der Waals surface area contributed by atoms with Gasteiger partial charge < -0.3 is 19.7 Å². The van der Waals surface area contributed by atoms with Gasteiger partial charge in [-0.3, -0.25) is 0 Å². The quantitative estimate of drug-likeness (QED) is 0.430. The molecule has 0 heterocycles. The zero-order chi connectivity index (χ0) is 19.3. The third kappa shape index (κ3) is 3.62. The van der Waals surface area contributed by atoms with Gasteiger partial charge in [-0.1, -0.05) is 48.5 Å². The fourth-order valence-corrected chi connectivity index (χ4v) is 2.94. The molecule has 2 N–H and O–H groups in total. The summed E-state index contributed by atoms with van der Waals surface area (Å²) in [5, 5.41) is 21.2. The van der Waals surface area contributed by atoms with Crippen LogP contribution < -0.4 is 9.47 Å². The molecule has 0 spiro atoms. The number of ether oxygens (including phenoxy) is 2. The van der Waals surface area contributed by atoms with Crippen molar-refractivity contribution < 1.29 is 19.7 Å². The number of rotatable bonds is 5. The number of para-hydroxylation sites is 2. The fourth-order valence-electron chi connectivity index (χ4n) is 2.94. The van der Waals surface area contributed by atoms with Gasteiger partial charge in [-0.15, -0.1) is 0 Å². The van der Waals surface area contributed by atoms with Crippen LogP contribution in [-0.4, -0.2) is 10.2 Å². The van der Waals surface area contributed by atoms with Crippen LogP contribution in [0.1, 0.15) is 0 Å². The first-order chi connectivity index (χ1) is 13.7. The largest absolute Gasteiger partial charge is 0.507 e. The predicted octanol–water partition coefficient (Wildman–Crippen LogP) is 6.35. The summed E-state index contributed by atoms with van der Waals surface area (Å²) >= 11 is 0. The van der Waals surface area contributed by atoms with E-state index >= 15 is 0 Å². The average Bonchev–Trinajstić information content (AvgIpc) is 2.71. The smallest absolute Gasteiger partial charge is 0.139 e. The van der Waals surface area contributed by atoms with E-state index in [2.05, 4.69) is 0 Å². The van der Waals surface area contributed by atoms with Gasteiger partial charge in [-0.2, -0.15) is 0 Å². The van der Waals surface area contributed by atoms with Crippen molar-refractivity contribution >= 4 is 0 Å². The molecule has 0 fully saturated rings. The van der Waals surface area contributed by atoms with Crippen LogP contribution in [0.3, 0.4) is 0 Å². The molecule has 0 radical (unpaired) electrons. The molecule has 4 aromatic rings. The third-order valence-corrected chi connectivity index (χ3v) is 4.20. The molecule has 0 bridgehead atoms. The van der Waals surface area contributed by atoms with E-state index in [9.17, 15) is 10.2 Å². The van der Waals surface area contributed by atoms with Crippen molar-refractivity contribution in [3.8, 4) is 45.6 Å². The normalized spacial score (nSPS) is 10.4. The highest BCUT2D eigenvalue weighted by Gasteiger charge is 2.21. The Balaban J connectivity index is 1.83. The molecular weight excluding hydrogens is 352 g/mol. The number of phenolic OH excluding ortho intramolecular Hbond substituents is 2. The lowest BCUT2D eigenvalue weighted by Crippen LogP contribution is -1.93. The van der Waals surface area contributed by atoms with Crippen molar-refractivity contribution in [2.45, 2.75) is 0 Å². The van der Waals surface area contributed by atoms with Gasteiger partial charge in [0.25, 0.3) is 0 Å². The first kappa shape index (κ1) is 17.5. The zero-order valence-electron chi connectivity index (χ0n) is 14.9. The first-order valence-electron chi connectivity index (χ1n) is 8.82. The van der Waals surface area contributed by atoms with Gasteiger partial charge in [0, 0.05) is 0 Å². The molecule has 0 aliphatic rings. The summed E-state index contributed by atoms with van der Waals surface area (Å²) in [6.07, 6.45) is 0. The minimum atomic E-state index is -0.0205. The Kier molecular flexibility index (Phi) is 4.85. The third-order valence-electron chi connectivity index (χ3n) is 4.20. The highest BCUT2D eigenvalue weighted by molar-refractivity contribution is 5.85. The molecule has 0 aliphatic carbocycles. The van der Waals surface area contributed by atoms with Crippen LogP contribution in [0.25, 0.3) is 11.1 Å². The Labute approximate surface area is 162 Å². The van der Waals surface area contributed by atoms with E-state index in [-0.39, 0.29) is 11.5 Å². The van der Waals surface area contributed by atoms with Gasteiger partial charge in [-0.05, 0) is 48.5 Å². The maximum absolute atomic E-state index is 10.6. The minimum absolute atomic E-state index is 0.0205. The minimum Gasteiger partial charge on any atom is -0.507 e. The Morgan fingerprint density at radius 2 is 0.821 bits per heavy atom. The van der Waals surface area contributed by atoms with Gasteiger partial charge in [0.15, 0.2) is 0 Å². The number of phenols is 2. The molecule has 0 aromatic heterocycles. The Bertz CT molecular complexity index is 987. The van der Waals surface area contributed by atoms with Crippen LogP contribution in [-0.2, 0) is 0 Å². The highest BCUT2D eigenvalue weighted by Crippen LogP contribution is 2.48. The van der Waals surface area contributed by atoms with Crippen LogP contribution >= 0.6 is 0 Å². The van der Waals surface area contributed by atoms with E-state index < -0.39 is 0 Å². The summed E-state index contributed by atoms with van der Waals surface area (Å²) in [7, 11) is 0. The van der Waals surface area contributed by atoms with Gasteiger partial charge in [0.2, 0.25) is 0 Å². The molecule has 28 heavy (non-hydrogen) atoms. The van der Waals surface area contributed by atoms with Gasteiger partial charge in [0.1, 0.15) is 34.5 Å². The van der Waals surface area contributed by atoms with E-state index in [0.29, 0.717) is 34.1 Å². The van der Waals surface area contributed by atoms with E-state index in [4.69, 9.17) is 9.47 Å². The maximum Gasteiger partial charge on any atom is 0.139 e. The molecule has 0 unspecified atom stereocenters. The number of benzene rings is 4. The van der Waals surface area contributed by atoms with Crippen LogP contribution in [0, 0.1) is 0 Å². The van der Waals surface area contributed by atoms with Crippen molar-refractivity contribution in [3.63, 3.8) is 0 Å². The topological polar surface area (TPSA) is 58.9 Å². The summed E-state index contributed by atoms with van der Waals surface area (Å²) in [5.41, 5.74) is 0.714. The van der Waals surface area contributed by atoms with Gasteiger partial charge >= 0.3 is 0 Å². The monoisotopic (exact) mass is 370 g/mol. The first-order valence-corrected chi connectivity index (χ1v) is 8.82. The summed E-state index contributed by atoms with van der Waals surface area (Å²) in [6.45, 7) is 0. The van der Waals surface area contributed by atoms with Crippen molar-refractivity contribution in [1.29, 1.82) is 0 Å². The molecule has 0 amide bonds. The van der Waals surface area contributed by atoms with Crippen molar-refractivity contribution in [2.75, 3.05) is 0 Å². The molecule has 138 valence electrons. The van der Waals surface area contributed by atoms with Gasteiger partial charge in [0.05, 0.1) is 11.1 Å². The molecular formula is C24H18O4. The average molecular weight is 370 g/mol. The predicted molar refractivity (Wildman–Crippen MR) is 108 cm³/mol. The van der Waals surface area contributed by atoms with E-state index in [1.165, 1.54) is 0 Å². The second-order valence-corrected chi connectivity index (χ2v) is 6.13. The Morgan fingerprint density at radius 3 is 1.21 bits per heavy atom.